The highest BCUT2D eigenvalue weighted by atomic mass is 16.5. The van der Waals surface area contributed by atoms with Gasteiger partial charge in [0.2, 0.25) is 5.78 Å². The number of benzene rings is 1. The number of phenols is 1. The van der Waals surface area contributed by atoms with E-state index in [4.69, 9.17) is 4.74 Å². The van der Waals surface area contributed by atoms with Crippen molar-refractivity contribution in [3.05, 3.63) is 23.3 Å². The number of hydrogen-bond acceptors (Lipinski definition) is 3. The Kier molecular flexibility index (Phi) is 1.62. The molecule has 1 aromatic rings. The summed E-state index contributed by atoms with van der Waals surface area (Å²) in [4.78, 5) is 11.9. The maximum Gasteiger partial charge on any atom is 0.209 e. The van der Waals surface area contributed by atoms with Gasteiger partial charge in [0.15, 0.2) is 17.1 Å². The van der Waals surface area contributed by atoms with Crippen molar-refractivity contribution in [2.45, 2.75) is 26.4 Å². The standard InChI is InChI=1S/C11H12O3/c1-6-4-5-7(12)9-8(6)10(13)11(2,3)14-9/h4-5,12H,1-3H3. The first kappa shape index (κ1) is 9.06. The molecule has 14 heavy (non-hydrogen) atoms. The van der Waals surface area contributed by atoms with Crippen molar-refractivity contribution >= 4 is 5.78 Å². The number of rotatable bonds is 0. The first-order chi connectivity index (χ1) is 6.43. The normalized spacial score (nSPS) is 17.8. The minimum Gasteiger partial charge on any atom is -0.504 e. The Balaban J connectivity index is 2.70. The number of ketones is 1. The van der Waals surface area contributed by atoms with Gasteiger partial charge in [0.1, 0.15) is 0 Å². The van der Waals surface area contributed by atoms with Crippen molar-refractivity contribution < 1.29 is 14.6 Å². The molecule has 74 valence electrons. The molecule has 0 saturated heterocycles. The summed E-state index contributed by atoms with van der Waals surface area (Å²) in [6, 6.07) is 3.26. The van der Waals surface area contributed by atoms with E-state index in [2.05, 4.69) is 0 Å². The molecule has 0 aliphatic carbocycles. The Labute approximate surface area is 82.3 Å². The van der Waals surface area contributed by atoms with Crippen LogP contribution < -0.4 is 4.74 Å². The second-order valence-electron chi connectivity index (χ2n) is 4.05. The molecule has 0 radical (unpaired) electrons. The van der Waals surface area contributed by atoms with E-state index < -0.39 is 5.60 Å². The highest BCUT2D eigenvalue weighted by Gasteiger charge is 2.42. The third kappa shape index (κ3) is 1.02. The zero-order valence-corrected chi connectivity index (χ0v) is 8.42. The van der Waals surface area contributed by atoms with E-state index in [0.717, 1.165) is 5.56 Å². The molecule has 0 fully saturated rings. The maximum absolute atomic E-state index is 11.9. The van der Waals surface area contributed by atoms with Gasteiger partial charge in [0, 0.05) is 0 Å². The Bertz CT molecular complexity index is 419. The van der Waals surface area contributed by atoms with Crippen molar-refractivity contribution in [1.82, 2.24) is 0 Å². The lowest BCUT2D eigenvalue weighted by molar-refractivity contribution is 0.0679. The van der Waals surface area contributed by atoms with Crippen LogP contribution in [0.25, 0.3) is 0 Å². The smallest absolute Gasteiger partial charge is 0.209 e. The number of Topliss-reactive ketones (excluding diaryl/α,β-unsaturated/α-hetero) is 1. The first-order valence-corrected chi connectivity index (χ1v) is 4.50. The fourth-order valence-corrected chi connectivity index (χ4v) is 1.66. The molecule has 0 atom stereocenters. The third-order valence-corrected chi connectivity index (χ3v) is 2.48. The van der Waals surface area contributed by atoms with Crippen molar-refractivity contribution in [2.24, 2.45) is 0 Å². The van der Waals surface area contributed by atoms with Gasteiger partial charge in [-0.15, -0.1) is 0 Å². The number of fused-ring (bicyclic) bond motifs is 1. The molecule has 1 N–H and O–H groups in total. The van der Waals surface area contributed by atoms with Gasteiger partial charge >= 0.3 is 0 Å². The van der Waals surface area contributed by atoms with Gasteiger partial charge in [-0.25, -0.2) is 0 Å². The van der Waals surface area contributed by atoms with E-state index >= 15 is 0 Å². The number of carbonyl (C=O) groups excluding carboxylic acids is 1. The molecule has 0 amide bonds. The molecule has 1 heterocycles. The minimum atomic E-state index is -0.855. The Hall–Kier alpha value is -1.51. The molecule has 3 heteroatoms. The quantitative estimate of drug-likeness (QED) is 0.684. The molecule has 0 aromatic heterocycles. The summed E-state index contributed by atoms with van der Waals surface area (Å²) in [6.07, 6.45) is 0. The van der Waals surface area contributed by atoms with E-state index in [-0.39, 0.29) is 11.5 Å². The third-order valence-electron chi connectivity index (χ3n) is 2.48. The van der Waals surface area contributed by atoms with Crippen molar-refractivity contribution in [2.75, 3.05) is 0 Å². The zero-order chi connectivity index (χ0) is 10.5. The van der Waals surface area contributed by atoms with Crippen LogP contribution in [0, 0.1) is 6.92 Å². The molecule has 1 aromatic carbocycles. The maximum atomic E-state index is 11.9. The van der Waals surface area contributed by atoms with Crippen molar-refractivity contribution in [3.8, 4) is 11.5 Å². The molecule has 2 rings (SSSR count). The lowest BCUT2D eigenvalue weighted by Gasteiger charge is -2.15. The van der Waals surface area contributed by atoms with Crippen LogP contribution >= 0.6 is 0 Å². The molecule has 0 bridgehead atoms. The molecule has 1 aliphatic heterocycles. The van der Waals surface area contributed by atoms with Crippen LogP contribution in [0.4, 0.5) is 0 Å². The highest BCUT2D eigenvalue weighted by molar-refractivity contribution is 6.08. The Morgan fingerprint density at radius 2 is 2.00 bits per heavy atom. The number of phenolic OH excluding ortho intramolecular Hbond substituents is 1. The molecule has 1 aliphatic rings. The largest absolute Gasteiger partial charge is 0.504 e. The van der Waals surface area contributed by atoms with Gasteiger partial charge in [-0.2, -0.15) is 0 Å². The monoisotopic (exact) mass is 192 g/mol. The highest BCUT2D eigenvalue weighted by Crippen LogP contribution is 2.42. The number of aryl methyl sites for hydroxylation is 1. The Morgan fingerprint density at radius 3 is 2.57 bits per heavy atom. The summed E-state index contributed by atoms with van der Waals surface area (Å²) >= 11 is 0. The Morgan fingerprint density at radius 1 is 1.36 bits per heavy atom. The minimum absolute atomic E-state index is 0.0320. The average Bonchev–Trinajstić information content (AvgIpc) is 2.33. The number of hydrogen-bond donors (Lipinski definition) is 1. The molecular weight excluding hydrogens is 180 g/mol. The number of ether oxygens (including phenoxy) is 1. The van der Waals surface area contributed by atoms with E-state index in [1.54, 1.807) is 26.0 Å². The van der Waals surface area contributed by atoms with E-state index in [1.165, 1.54) is 0 Å². The lowest BCUT2D eigenvalue weighted by Crippen LogP contribution is -2.32. The van der Waals surface area contributed by atoms with Gasteiger partial charge in [0.25, 0.3) is 0 Å². The van der Waals surface area contributed by atoms with Crippen LogP contribution in [0.1, 0.15) is 29.8 Å². The van der Waals surface area contributed by atoms with Crippen LogP contribution in [0.15, 0.2) is 12.1 Å². The summed E-state index contributed by atoms with van der Waals surface area (Å²) in [5.41, 5.74) is 0.495. The van der Waals surface area contributed by atoms with Crippen molar-refractivity contribution in [1.29, 1.82) is 0 Å². The first-order valence-electron chi connectivity index (χ1n) is 4.50. The predicted molar refractivity (Wildman–Crippen MR) is 51.9 cm³/mol. The van der Waals surface area contributed by atoms with Gasteiger partial charge in [-0.1, -0.05) is 6.07 Å². The average molecular weight is 192 g/mol. The summed E-state index contributed by atoms with van der Waals surface area (Å²) in [5.74, 6) is 0.283. The van der Waals surface area contributed by atoms with Crippen LogP contribution in [0.2, 0.25) is 0 Å². The summed E-state index contributed by atoms with van der Waals surface area (Å²) in [7, 11) is 0. The fraction of sp³-hybridized carbons (Fsp3) is 0.364. The van der Waals surface area contributed by atoms with Crippen LogP contribution in [-0.2, 0) is 0 Å². The van der Waals surface area contributed by atoms with E-state index in [0.29, 0.717) is 11.3 Å². The fourth-order valence-electron chi connectivity index (χ4n) is 1.66. The lowest BCUT2D eigenvalue weighted by atomic mass is 9.96. The number of aromatic hydroxyl groups is 1. The van der Waals surface area contributed by atoms with Gasteiger partial charge in [0.05, 0.1) is 5.56 Å². The summed E-state index contributed by atoms with van der Waals surface area (Å²) in [5, 5.41) is 9.53. The molecular formula is C11H12O3. The predicted octanol–water partition coefficient (Wildman–Crippen LogP) is 2.05. The molecule has 3 nitrogen and oxygen atoms in total. The second-order valence-corrected chi connectivity index (χ2v) is 4.05. The topological polar surface area (TPSA) is 46.5 Å². The van der Waals surface area contributed by atoms with Gasteiger partial charge < -0.3 is 9.84 Å². The van der Waals surface area contributed by atoms with E-state index in [9.17, 15) is 9.90 Å². The van der Waals surface area contributed by atoms with Crippen LogP contribution in [0.5, 0.6) is 11.5 Å². The van der Waals surface area contributed by atoms with Gasteiger partial charge in [-0.05, 0) is 32.4 Å². The van der Waals surface area contributed by atoms with Crippen molar-refractivity contribution in [3.63, 3.8) is 0 Å². The zero-order valence-electron chi connectivity index (χ0n) is 8.42. The summed E-state index contributed by atoms with van der Waals surface area (Å²) < 4.78 is 5.42. The van der Waals surface area contributed by atoms with Crippen LogP contribution in [-0.4, -0.2) is 16.5 Å². The molecule has 0 spiro atoms. The molecule has 0 unspecified atom stereocenters. The van der Waals surface area contributed by atoms with Crippen LogP contribution in [0.3, 0.4) is 0 Å². The summed E-state index contributed by atoms with van der Waals surface area (Å²) in [6.45, 7) is 5.24. The number of carbonyl (C=O) groups is 1. The SMILES string of the molecule is Cc1ccc(O)c2c1C(=O)C(C)(C)O2. The van der Waals surface area contributed by atoms with E-state index in [1.807, 2.05) is 6.92 Å². The molecule has 0 saturated carbocycles. The van der Waals surface area contributed by atoms with Gasteiger partial charge in [-0.3, -0.25) is 4.79 Å². The second kappa shape index (κ2) is 2.50.